The highest BCUT2D eigenvalue weighted by Crippen LogP contribution is 2.42. The molecule has 0 saturated carbocycles. The van der Waals surface area contributed by atoms with Crippen LogP contribution in [0.3, 0.4) is 0 Å². The Kier molecular flexibility index (Phi) is 5.12. The van der Waals surface area contributed by atoms with Crippen LogP contribution in [-0.2, 0) is 4.74 Å². The summed E-state index contributed by atoms with van der Waals surface area (Å²) in [5, 5.41) is 50.1. The Hall–Kier alpha value is -3.11. The van der Waals surface area contributed by atoms with Gasteiger partial charge < -0.3 is 39.4 Å². The van der Waals surface area contributed by atoms with Crippen LogP contribution >= 0.6 is 0 Å². The van der Waals surface area contributed by atoms with Gasteiger partial charge in [0.1, 0.15) is 35.0 Å². The Balaban J connectivity index is 1.76. The highest BCUT2D eigenvalue weighted by atomic mass is 16.7. The Labute approximate surface area is 170 Å². The molecule has 0 bridgehead atoms. The smallest absolute Gasteiger partial charge is 0.229 e. The second-order valence-corrected chi connectivity index (χ2v) is 7.09. The molecule has 5 N–H and O–H groups in total. The lowest BCUT2D eigenvalue weighted by Gasteiger charge is -2.19. The maximum Gasteiger partial charge on any atom is 0.229 e. The number of benzene rings is 2. The van der Waals surface area contributed by atoms with Crippen molar-refractivity contribution in [2.75, 3.05) is 0 Å². The first-order valence-corrected chi connectivity index (χ1v) is 9.22. The molecular formula is C21H20O9. The lowest BCUT2D eigenvalue weighted by Crippen LogP contribution is -2.38. The van der Waals surface area contributed by atoms with E-state index >= 15 is 0 Å². The Morgan fingerprint density at radius 1 is 1.03 bits per heavy atom. The minimum absolute atomic E-state index is 0.0632. The van der Waals surface area contributed by atoms with Crippen molar-refractivity contribution in [2.45, 2.75) is 37.6 Å². The second kappa shape index (κ2) is 7.62. The van der Waals surface area contributed by atoms with E-state index in [4.69, 9.17) is 13.9 Å². The molecule has 0 radical (unpaired) electrons. The molecule has 4 rings (SSSR count). The van der Waals surface area contributed by atoms with Crippen molar-refractivity contribution in [3.8, 4) is 28.6 Å². The van der Waals surface area contributed by atoms with E-state index in [-0.39, 0.29) is 22.5 Å². The molecule has 1 fully saturated rings. The van der Waals surface area contributed by atoms with Crippen LogP contribution in [0.15, 0.2) is 51.7 Å². The Morgan fingerprint density at radius 3 is 2.37 bits per heavy atom. The number of phenols is 2. The van der Waals surface area contributed by atoms with E-state index in [1.807, 2.05) is 0 Å². The number of ether oxygens (including phenoxy) is 2. The van der Waals surface area contributed by atoms with Gasteiger partial charge in [0.25, 0.3) is 0 Å². The molecule has 1 aliphatic heterocycles. The summed E-state index contributed by atoms with van der Waals surface area (Å²) in [6, 6.07) is 11.2. The van der Waals surface area contributed by atoms with Crippen LogP contribution in [0.5, 0.6) is 17.2 Å². The molecular weight excluding hydrogens is 396 g/mol. The molecule has 5 atom stereocenters. The van der Waals surface area contributed by atoms with Crippen LogP contribution in [0.1, 0.15) is 6.92 Å². The molecule has 2 aromatic carbocycles. The number of fused-ring (bicyclic) bond motifs is 1. The number of aliphatic hydroxyl groups is 3. The molecule has 3 aromatic rings. The maximum absolute atomic E-state index is 12.5. The number of aromatic hydroxyl groups is 2. The zero-order chi connectivity index (χ0) is 21.6. The summed E-state index contributed by atoms with van der Waals surface area (Å²) in [5.74, 6) is -1.61. The third-order valence-corrected chi connectivity index (χ3v) is 4.97. The van der Waals surface area contributed by atoms with Gasteiger partial charge in [-0.25, -0.2) is 0 Å². The summed E-state index contributed by atoms with van der Waals surface area (Å²) in [6.45, 7) is 1.38. The number of aliphatic hydroxyl groups excluding tert-OH is 3. The summed E-state index contributed by atoms with van der Waals surface area (Å²) in [4.78, 5) is 12.5. The highest BCUT2D eigenvalue weighted by molar-refractivity contribution is 5.89. The molecule has 30 heavy (non-hydrogen) atoms. The fraction of sp³-hybridized carbons (Fsp3) is 0.286. The molecule has 1 aliphatic rings. The number of hydrogen-bond acceptors (Lipinski definition) is 9. The van der Waals surface area contributed by atoms with Crippen molar-refractivity contribution in [1.29, 1.82) is 0 Å². The Bertz CT molecular complexity index is 1120. The van der Waals surface area contributed by atoms with Crippen molar-refractivity contribution in [3.63, 3.8) is 0 Å². The molecule has 2 heterocycles. The molecule has 0 aliphatic carbocycles. The van der Waals surface area contributed by atoms with Gasteiger partial charge in [-0.1, -0.05) is 30.3 Å². The highest BCUT2D eigenvalue weighted by Gasteiger charge is 2.46. The average molecular weight is 416 g/mol. The van der Waals surface area contributed by atoms with Gasteiger partial charge in [-0.3, -0.25) is 4.79 Å². The summed E-state index contributed by atoms with van der Waals surface area (Å²) < 4.78 is 16.5. The van der Waals surface area contributed by atoms with Gasteiger partial charge in [-0.15, -0.1) is 0 Å². The molecule has 1 unspecified atom stereocenters. The van der Waals surface area contributed by atoms with Gasteiger partial charge >= 0.3 is 0 Å². The van der Waals surface area contributed by atoms with Gasteiger partial charge in [-0.05, 0) is 6.92 Å². The van der Waals surface area contributed by atoms with E-state index in [0.29, 0.717) is 5.56 Å². The first-order valence-electron chi connectivity index (χ1n) is 9.22. The molecule has 0 amide bonds. The summed E-state index contributed by atoms with van der Waals surface area (Å²) in [6.07, 6.45) is -6.58. The zero-order valence-corrected chi connectivity index (χ0v) is 15.8. The van der Waals surface area contributed by atoms with Crippen molar-refractivity contribution in [3.05, 3.63) is 52.7 Å². The number of rotatable bonds is 4. The molecule has 0 spiro atoms. The first kappa shape index (κ1) is 20.2. The monoisotopic (exact) mass is 416 g/mol. The quantitative estimate of drug-likeness (QED) is 0.394. The maximum atomic E-state index is 12.5. The van der Waals surface area contributed by atoms with E-state index in [2.05, 4.69) is 0 Å². The SMILES string of the molecule is CC(O)[C@@H]1O[C@@H](Oc2cc3oc(-c4ccccc4)cc(=O)c3c(O)c2O)[C@@H](O)[C@H]1O. The van der Waals surface area contributed by atoms with Gasteiger partial charge in [0.2, 0.25) is 12.0 Å². The van der Waals surface area contributed by atoms with Crippen LogP contribution in [0, 0.1) is 0 Å². The molecule has 158 valence electrons. The lowest BCUT2D eigenvalue weighted by atomic mass is 10.1. The minimum Gasteiger partial charge on any atom is -0.504 e. The van der Waals surface area contributed by atoms with Crippen molar-refractivity contribution < 1.29 is 39.4 Å². The van der Waals surface area contributed by atoms with Crippen LogP contribution < -0.4 is 10.2 Å². The van der Waals surface area contributed by atoms with Crippen molar-refractivity contribution in [2.24, 2.45) is 0 Å². The van der Waals surface area contributed by atoms with E-state index in [9.17, 15) is 30.3 Å². The largest absolute Gasteiger partial charge is 0.504 e. The number of hydrogen-bond donors (Lipinski definition) is 5. The average Bonchev–Trinajstić information content (AvgIpc) is 3.00. The predicted molar refractivity (Wildman–Crippen MR) is 104 cm³/mol. The summed E-state index contributed by atoms with van der Waals surface area (Å²) in [5.41, 5.74) is -0.00746. The van der Waals surface area contributed by atoms with Crippen molar-refractivity contribution in [1.82, 2.24) is 0 Å². The fourth-order valence-corrected chi connectivity index (χ4v) is 3.40. The van der Waals surface area contributed by atoms with Gasteiger partial charge in [0, 0.05) is 17.7 Å². The molecule has 9 heteroatoms. The van der Waals surface area contributed by atoms with E-state index in [1.54, 1.807) is 30.3 Å². The van der Waals surface area contributed by atoms with Gasteiger partial charge in [0.15, 0.2) is 16.9 Å². The van der Waals surface area contributed by atoms with E-state index < -0.39 is 47.6 Å². The minimum atomic E-state index is -1.52. The summed E-state index contributed by atoms with van der Waals surface area (Å²) >= 11 is 0. The van der Waals surface area contributed by atoms with Crippen LogP contribution in [0.25, 0.3) is 22.3 Å². The van der Waals surface area contributed by atoms with Crippen molar-refractivity contribution >= 4 is 11.0 Å². The summed E-state index contributed by atoms with van der Waals surface area (Å²) in [7, 11) is 0. The molecule has 1 aromatic heterocycles. The second-order valence-electron chi connectivity index (χ2n) is 7.09. The first-order chi connectivity index (χ1) is 14.3. The normalized spacial score (nSPS) is 24.8. The molecule has 9 nitrogen and oxygen atoms in total. The van der Waals surface area contributed by atoms with Gasteiger partial charge in [-0.2, -0.15) is 0 Å². The topological polar surface area (TPSA) is 150 Å². The standard InChI is InChI=1S/C21H20O9/c1-9(22)20-18(26)19(27)21(30-20)29-14-8-13-15(17(25)16(14)24)11(23)7-12(28-13)10-5-3-2-4-6-10/h2-9,18-22,24-27H,1H3/t9?,18-,19+,20+,21-/m1/s1. The van der Waals surface area contributed by atoms with Crippen LogP contribution in [-0.4, -0.2) is 56.2 Å². The predicted octanol–water partition coefficient (Wildman–Crippen LogP) is 1.08. The fourth-order valence-electron chi connectivity index (χ4n) is 3.40. The molecule has 1 saturated heterocycles. The van der Waals surface area contributed by atoms with E-state index in [1.165, 1.54) is 19.1 Å². The number of phenolic OH excluding ortho intramolecular Hbond substituents is 2. The van der Waals surface area contributed by atoms with Crippen LogP contribution in [0.2, 0.25) is 0 Å². The van der Waals surface area contributed by atoms with Gasteiger partial charge in [0.05, 0.1) is 6.10 Å². The lowest BCUT2D eigenvalue weighted by molar-refractivity contribution is -0.129. The Morgan fingerprint density at radius 2 is 1.73 bits per heavy atom. The third kappa shape index (κ3) is 3.37. The van der Waals surface area contributed by atoms with Crippen LogP contribution in [0.4, 0.5) is 0 Å². The third-order valence-electron chi connectivity index (χ3n) is 4.97. The zero-order valence-electron chi connectivity index (χ0n) is 15.8. The van der Waals surface area contributed by atoms with E-state index in [0.717, 1.165) is 0 Å².